The lowest BCUT2D eigenvalue weighted by atomic mass is 9.96. The van der Waals surface area contributed by atoms with Crippen LogP contribution in [0.5, 0.6) is 0 Å². The van der Waals surface area contributed by atoms with Crippen molar-refractivity contribution in [2.24, 2.45) is 0 Å². The summed E-state index contributed by atoms with van der Waals surface area (Å²) in [4.78, 5) is 0. The molecule has 1 saturated heterocycles. The van der Waals surface area contributed by atoms with E-state index < -0.39 is 30.7 Å². The van der Waals surface area contributed by atoms with E-state index in [1.165, 1.54) is 7.11 Å². The van der Waals surface area contributed by atoms with Crippen LogP contribution in [0.3, 0.4) is 0 Å². The van der Waals surface area contributed by atoms with E-state index in [0.29, 0.717) is 0 Å². The number of ether oxygens (including phenoxy) is 2. The lowest BCUT2D eigenvalue weighted by molar-refractivity contribution is -0.336. The van der Waals surface area contributed by atoms with Gasteiger partial charge in [0, 0.05) is 13.5 Å². The molecule has 1 heterocycles. The van der Waals surface area contributed by atoms with Crippen LogP contribution in [0.4, 0.5) is 0 Å². The van der Waals surface area contributed by atoms with E-state index in [2.05, 4.69) is 0 Å². The third-order valence-electron chi connectivity index (χ3n) is 2.28. The summed E-state index contributed by atoms with van der Waals surface area (Å²) in [6.07, 6.45) is -2.99. The molecule has 14 heavy (non-hydrogen) atoms. The van der Waals surface area contributed by atoms with E-state index in [-0.39, 0.29) is 13.0 Å². The molecule has 1 aliphatic heterocycles. The van der Waals surface area contributed by atoms with Crippen LogP contribution < -0.4 is 0 Å². The molecule has 0 amide bonds. The fourth-order valence-electron chi connectivity index (χ4n) is 1.52. The molecule has 1 fully saturated rings. The SMILES string of the molecule is COCC1CC(O)C(O)[C@](O)(CO)O1. The van der Waals surface area contributed by atoms with Gasteiger partial charge in [0.1, 0.15) is 6.10 Å². The molecular formula is C8H16O6. The van der Waals surface area contributed by atoms with Crippen LogP contribution in [-0.4, -0.2) is 64.8 Å². The molecule has 0 spiro atoms. The van der Waals surface area contributed by atoms with Gasteiger partial charge in [0.15, 0.2) is 0 Å². The highest BCUT2D eigenvalue weighted by Crippen LogP contribution is 2.27. The van der Waals surface area contributed by atoms with Gasteiger partial charge in [-0.25, -0.2) is 0 Å². The van der Waals surface area contributed by atoms with Gasteiger partial charge in [-0.3, -0.25) is 0 Å². The van der Waals surface area contributed by atoms with Crippen molar-refractivity contribution in [1.29, 1.82) is 0 Å². The molecule has 1 rings (SSSR count). The van der Waals surface area contributed by atoms with Gasteiger partial charge in [-0.1, -0.05) is 0 Å². The predicted molar refractivity (Wildman–Crippen MR) is 45.4 cm³/mol. The van der Waals surface area contributed by atoms with Crippen molar-refractivity contribution >= 4 is 0 Å². The van der Waals surface area contributed by atoms with Crippen molar-refractivity contribution in [3.8, 4) is 0 Å². The number of hydrogen-bond donors (Lipinski definition) is 4. The molecule has 6 nitrogen and oxygen atoms in total. The molecule has 0 radical (unpaired) electrons. The molecule has 1 aliphatic rings. The largest absolute Gasteiger partial charge is 0.391 e. The first-order valence-electron chi connectivity index (χ1n) is 4.39. The van der Waals surface area contributed by atoms with Gasteiger partial charge in [-0.2, -0.15) is 0 Å². The molecule has 84 valence electrons. The number of aliphatic hydroxyl groups excluding tert-OH is 3. The Morgan fingerprint density at radius 3 is 2.64 bits per heavy atom. The zero-order valence-corrected chi connectivity index (χ0v) is 7.96. The Balaban J connectivity index is 2.66. The summed E-state index contributed by atoms with van der Waals surface area (Å²) in [5.74, 6) is -2.10. The molecular weight excluding hydrogens is 192 g/mol. The van der Waals surface area contributed by atoms with Gasteiger partial charge < -0.3 is 29.9 Å². The van der Waals surface area contributed by atoms with E-state index in [0.717, 1.165) is 0 Å². The number of aliphatic hydroxyl groups is 4. The third kappa shape index (κ3) is 2.22. The zero-order chi connectivity index (χ0) is 10.8. The predicted octanol–water partition coefficient (Wildman–Crippen LogP) is -2.18. The molecule has 4 atom stereocenters. The van der Waals surface area contributed by atoms with Crippen molar-refractivity contribution < 1.29 is 29.9 Å². The molecule has 0 aliphatic carbocycles. The van der Waals surface area contributed by atoms with Gasteiger partial charge in [0.25, 0.3) is 0 Å². The minimum absolute atomic E-state index is 0.164. The Kier molecular flexibility index (Phi) is 3.82. The van der Waals surface area contributed by atoms with Crippen LogP contribution in [0.15, 0.2) is 0 Å². The fourth-order valence-corrected chi connectivity index (χ4v) is 1.52. The highest BCUT2D eigenvalue weighted by Gasteiger charge is 2.47. The molecule has 0 saturated carbocycles. The normalized spacial score (nSPS) is 43.9. The average Bonchev–Trinajstić information content (AvgIpc) is 2.15. The van der Waals surface area contributed by atoms with Crippen molar-refractivity contribution in [3.63, 3.8) is 0 Å². The number of rotatable bonds is 3. The van der Waals surface area contributed by atoms with Crippen LogP contribution in [0.2, 0.25) is 0 Å². The maximum absolute atomic E-state index is 9.58. The Morgan fingerprint density at radius 2 is 2.14 bits per heavy atom. The van der Waals surface area contributed by atoms with E-state index in [1.807, 2.05) is 0 Å². The molecule has 0 aromatic carbocycles. The minimum Gasteiger partial charge on any atom is -0.391 e. The van der Waals surface area contributed by atoms with Crippen molar-refractivity contribution in [3.05, 3.63) is 0 Å². The molecule has 0 bridgehead atoms. The van der Waals surface area contributed by atoms with Crippen LogP contribution in [0, 0.1) is 0 Å². The first-order valence-corrected chi connectivity index (χ1v) is 4.39. The average molecular weight is 208 g/mol. The van der Waals surface area contributed by atoms with Crippen LogP contribution in [0.25, 0.3) is 0 Å². The second-order valence-electron chi connectivity index (χ2n) is 3.45. The topological polar surface area (TPSA) is 99.4 Å². The smallest absolute Gasteiger partial charge is 0.218 e. The number of methoxy groups -OCH3 is 1. The van der Waals surface area contributed by atoms with Crippen molar-refractivity contribution in [2.75, 3.05) is 20.3 Å². The van der Waals surface area contributed by atoms with Crippen LogP contribution >= 0.6 is 0 Å². The molecule has 0 aromatic rings. The monoisotopic (exact) mass is 208 g/mol. The Bertz CT molecular complexity index is 187. The Morgan fingerprint density at radius 1 is 1.50 bits per heavy atom. The van der Waals surface area contributed by atoms with E-state index in [4.69, 9.17) is 14.6 Å². The molecule has 0 aromatic heterocycles. The van der Waals surface area contributed by atoms with Gasteiger partial charge in [-0.05, 0) is 0 Å². The van der Waals surface area contributed by atoms with Gasteiger partial charge in [0.2, 0.25) is 5.79 Å². The summed E-state index contributed by atoms with van der Waals surface area (Å²) in [5, 5.41) is 37.2. The summed E-state index contributed by atoms with van der Waals surface area (Å²) < 4.78 is 9.81. The lowest BCUT2D eigenvalue weighted by Crippen LogP contribution is -2.60. The maximum atomic E-state index is 9.58. The van der Waals surface area contributed by atoms with Crippen LogP contribution in [0.1, 0.15) is 6.42 Å². The first-order chi connectivity index (χ1) is 6.53. The third-order valence-corrected chi connectivity index (χ3v) is 2.28. The van der Waals surface area contributed by atoms with Gasteiger partial charge >= 0.3 is 0 Å². The fraction of sp³-hybridized carbons (Fsp3) is 1.00. The Labute approximate surface area is 81.7 Å². The quantitative estimate of drug-likeness (QED) is 0.421. The second kappa shape index (κ2) is 4.52. The zero-order valence-electron chi connectivity index (χ0n) is 7.96. The maximum Gasteiger partial charge on any atom is 0.218 e. The van der Waals surface area contributed by atoms with Gasteiger partial charge in [0.05, 0.1) is 25.4 Å². The molecule has 6 heteroatoms. The molecule has 4 N–H and O–H groups in total. The van der Waals surface area contributed by atoms with Crippen molar-refractivity contribution in [2.45, 2.75) is 30.5 Å². The van der Waals surface area contributed by atoms with Crippen LogP contribution in [-0.2, 0) is 9.47 Å². The number of hydrogen-bond acceptors (Lipinski definition) is 6. The van der Waals surface area contributed by atoms with Crippen molar-refractivity contribution in [1.82, 2.24) is 0 Å². The van der Waals surface area contributed by atoms with E-state index in [1.54, 1.807) is 0 Å². The van der Waals surface area contributed by atoms with Gasteiger partial charge in [-0.15, -0.1) is 0 Å². The second-order valence-corrected chi connectivity index (χ2v) is 3.45. The van der Waals surface area contributed by atoms with E-state index >= 15 is 0 Å². The summed E-state index contributed by atoms with van der Waals surface area (Å²) >= 11 is 0. The highest BCUT2D eigenvalue weighted by molar-refractivity contribution is 4.90. The Hall–Kier alpha value is -0.240. The first kappa shape index (κ1) is 11.8. The summed E-state index contributed by atoms with van der Waals surface area (Å²) in [6.45, 7) is -0.586. The lowest BCUT2D eigenvalue weighted by Gasteiger charge is -2.41. The standard InChI is InChI=1S/C8H16O6/c1-13-3-5-2-6(10)7(11)8(12,4-9)14-5/h5-7,9-12H,2-4H2,1H3/t5?,6?,7?,8-/m0/s1. The minimum atomic E-state index is -2.10. The highest BCUT2D eigenvalue weighted by atomic mass is 16.7. The molecule has 3 unspecified atom stereocenters. The summed E-state index contributed by atoms with van der Waals surface area (Å²) in [5.41, 5.74) is 0. The van der Waals surface area contributed by atoms with E-state index in [9.17, 15) is 15.3 Å². The summed E-state index contributed by atoms with van der Waals surface area (Å²) in [7, 11) is 1.46. The summed E-state index contributed by atoms with van der Waals surface area (Å²) in [6, 6.07) is 0.